The molecule has 0 radical (unpaired) electrons. The van der Waals surface area contributed by atoms with Gasteiger partial charge < -0.3 is 9.73 Å². The van der Waals surface area contributed by atoms with Crippen LogP contribution in [0.15, 0.2) is 47.1 Å². The Morgan fingerprint density at radius 2 is 2.04 bits per heavy atom. The Bertz CT molecular complexity index is 888. The number of carbonyl (C=O) groups is 1. The van der Waals surface area contributed by atoms with Gasteiger partial charge in [-0.25, -0.2) is 8.78 Å². The standard InChI is InChI=1S/C18H17F2N3O2/c1-11-8-12(2)23(22-11)16(17-4-3-7-25-17)10-21-18(24)13-5-6-14(19)15(20)9-13/h3-9,16H,10H2,1-2H3,(H,21,24). The zero-order valence-electron chi connectivity index (χ0n) is 13.8. The van der Waals surface area contributed by atoms with Gasteiger partial charge in [-0.3, -0.25) is 9.48 Å². The van der Waals surface area contributed by atoms with Crippen molar-refractivity contribution in [2.24, 2.45) is 0 Å². The molecule has 1 amide bonds. The van der Waals surface area contributed by atoms with E-state index in [2.05, 4.69) is 10.4 Å². The highest BCUT2D eigenvalue weighted by atomic mass is 19.2. The third-order valence-corrected chi connectivity index (χ3v) is 3.85. The number of benzene rings is 1. The summed E-state index contributed by atoms with van der Waals surface area (Å²) in [6.07, 6.45) is 1.55. The Kier molecular flexibility index (Phi) is 4.65. The number of nitrogens with one attached hydrogen (secondary N) is 1. The second-order valence-corrected chi connectivity index (χ2v) is 5.74. The first-order valence-electron chi connectivity index (χ1n) is 7.75. The Morgan fingerprint density at radius 3 is 2.64 bits per heavy atom. The molecule has 130 valence electrons. The number of hydrogen-bond donors (Lipinski definition) is 1. The van der Waals surface area contributed by atoms with Crippen LogP contribution in [0.2, 0.25) is 0 Å². The lowest BCUT2D eigenvalue weighted by atomic mass is 10.1. The van der Waals surface area contributed by atoms with Gasteiger partial charge >= 0.3 is 0 Å². The third kappa shape index (κ3) is 3.60. The van der Waals surface area contributed by atoms with Crippen molar-refractivity contribution < 1.29 is 18.0 Å². The molecule has 1 N–H and O–H groups in total. The van der Waals surface area contributed by atoms with Gasteiger partial charge in [0.25, 0.3) is 5.91 Å². The Morgan fingerprint density at radius 1 is 1.24 bits per heavy atom. The van der Waals surface area contributed by atoms with Crippen molar-refractivity contribution in [1.29, 1.82) is 0 Å². The normalized spacial score (nSPS) is 12.2. The van der Waals surface area contributed by atoms with Gasteiger partial charge in [-0.1, -0.05) is 0 Å². The minimum Gasteiger partial charge on any atom is -0.467 e. The lowest BCUT2D eigenvalue weighted by Crippen LogP contribution is -2.32. The molecule has 2 aromatic heterocycles. The molecule has 0 saturated carbocycles. The van der Waals surface area contributed by atoms with E-state index in [4.69, 9.17) is 4.42 Å². The van der Waals surface area contributed by atoms with E-state index in [0.717, 1.165) is 23.5 Å². The topological polar surface area (TPSA) is 60.1 Å². The fourth-order valence-corrected chi connectivity index (χ4v) is 2.68. The molecule has 0 bridgehead atoms. The molecule has 5 nitrogen and oxygen atoms in total. The van der Waals surface area contributed by atoms with Crippen LogP contribution in [0.3, 0.4) is 0 Å². The zero-order valence-corrected chi connectivity index (χ0v) is 13.8. The van der Waals surface area contributed by atoms with Crippen molar-refractivity contribution in [1.82, 2.24) is 15.1 Å². The molecular formula is C18H17F2N3O2. The summed E-state index contributed by atoms with van der Waals surface area (Å²) in [5.74, 6) is -1.92. The summed E-state index contributed by atoms with van der Waals surface area (Å²) in [4.78, 5) is 12.2. The van der Waals surface area contributed by atoms with E-state index in [1.807, 2.05) is 19.9 Å². The van der Waals surface area contributed by atoms with E-state index in [1.54, 1.807) is 23.1 Å². The molecule has 3 aromatic rings. The summed E-state index contributed by atoms with van der Waals surface area (Å²) in [6.45, 7) is 3.98. The average Bonchev–Trinajstić information content (AvgIpc) is 3.20. The van der Waals surface area contributed by atoms with Crippen molar-refractivity contribution in [3.63, 3.8) is 0 Å². The molecule has 0 aliphatic heterocycles. The zero-order chi connectivity index (χ0) is 18.0. The molecular weight excluding hydrogens is 328 g/mol. The summed E-state index contributed by atoms with van der Waals surface area (Å²) in [6, 6.07) is 8.16. The second-order valence-electron chi connectivity index (χ2n) is 5.74. The molecule has 3 rings (SSSR count). The van der Waals surface area contributed by atoms with Gasteiger partial charge in [0.05, 0.1) is 12.0 Å². The highest BCUT2D eigenvalue weighted by molar-refractivity contribution is 5.94. The van der Waals surface area contributed by atoms with Crippen LogP contribution in [0.1, 0.15) is 33.5 Å². The van der Waals surface area contributed by atoms with Crippen LogP contribution in [0, 0.1) is 25.5 Å². The van der Waals surface area contributed by atoms with Crippen molar-refractivity contribution in [3.8, 4) is 0 Å². The largest absolute Gasteiger partial charge is 0.467 e. The summed E-state index contributed by atoms with van der Waals surface area (Å²) in [5.41, 5.74) is 1.81. The average molecular weight is 345 g/mol. The summed E-state index contributed by atoms with van der Waals surface area (Å²) in [7, 11) is 0. The molecule has 1 unspecified atom stereocenters. The van der Waals surface area contributed by atoms with Gasteiger partial charge in [0.2, 0.25) is 0 Å². The molecule has 0 aliphatic rings. The molecule has 7 heteroatoms. The minimum atomic E-state index is -1.06. The maximum atomic E-state index is 13.3. The van der Waals surface area contributed by atoms with Crippen LogP contribution in [0.25, 0.3) is 0 Å². The van der Waals surface area contributed by atoms with Crippen molar-refractivity contribution >= 4 is 5.91 Å². The Labute approximate surface area is 143 Å². The monoisotopic (exact) mass is 345 g/mol. The number of amides is 1. The predicted molar refractivity (Wildman–Crippen MR) is 87.2 cm³/mol. The van der Waals surface area contributed by atoms with E-state index >= 15 is 0 Å². The molecule has 25 heavy (non-hydrogen) atoms. The number of halogens is 2. The number of furan rings is 1. The van der Waals surface area contributed by atoms with Gasteiger partial charge in [-0.15, -0.1) is 0 Å². The number of hydrogen-bond acceptors (Lipinski definition) is 3. The molecule has 1 aromatic carbocycles. The Hall–Kier alpha value is -2.96. The fourth-order valence-electron chi connectivity index (χ4n) is 2.68. The number of rotatable bonds is 5. The number of nitrogens with zero attached hydrogens (tertiary/aromatic N) is 2. The van der Waals surface area contributed by atoms with Gasteiger partial charge in [0.1, 0.15) is 11.8 Å². The third-order valence-electron chi connectivity index (χ3n) is 3.85. The Balaban J connectivity index is 1.80. The van der Waals surface area contributed by atoms with Crippen LogP contribution in [0.4, 0.5) is 8.78 Å². The summed E-state index contributed by atoms with van der Waals surface area (Å²) in [5, 5.41) is 7.16. The van der Waals surface area contributed by atoms with Crippen molar-refractivity contribution in [2.75, 3.05) is 6.54 Å². The second kappa shape index (κ2) is 6.88. The van der Waals surface area contributed by atoms with Gasteiger partial charge in [0.15, 0.2) is 11.6 Å². The lowest BCUT2D eigenvalue weighted by Gasteiger charge is -2.18. The molecule has 0 fully saturated rings. The van der Waals surface area contributed by atoms with Crippen molar-refractivity contribution in [3.05, 3.63) is 77.0 Å². The maximum absolute atomic E-state index is 13.3. The van der Waals surface area contributed by atoms with Crippen LogP contribution < -0.4 is 5.32 Å². The molecule has 0 saturated heterocycles. The smallest absolute Gasteiger partial charge is 0.251 e. The lowest BCUT2D eigenvalue weighted by molar-refractivity contribution is 0.0947. The SMILES string of the molecule is Cc1cc(C)n(C(CNC(=O)c2ccc(F)c(F)c2)c2ccco2)n1. The predicted octanol–water partition coefficient (Wildman–Crippen LogP) is 3.39. The first-order chi connectivity index (χ1) is 12.0. The number of aryl methyl sites for hydroxylation is 2. The molecule has 2 heterocycles. The van der Waals surface area contributed by atoms with E-state index in [-0.39, 0.29) is 18.2 Å². The quantitative estimate of drug-likeness (QED) is 0.771. The van der Waals surface area contributed by atoms with E-state index in [1.165, 1.54) is 6.07 Å². The van der Waals surface area contributed by atoms with Crippen LogP contribution in [-0.4, -0.2) is 22.2 Å². The highest BCUT2D eigenvalue weighted by Crippen LogP contribution is 2.20. The van der Waals surface area contributed by atoms with Gasteiger partial charge in [-0.2, -0.15) is 5.10 Å². The van der Waals surface area contributed by atoms with Crippen LogP contribution >= 0.6 is 0 Å². The highest BCUT2D eigenvalue weighted by Gasteiger charge is 2.21. The number of carbonyl (C=O) groups excluding carboxylic acids is 1. The van der Waals surface area contributed by atoms with Crippen LogP contribution in [-0.2, 0) is 0 Å². The van der Waals surface area contributed by atoms with Crippen LogP contribution in [0.5, 0.6) is 0 Å². The van der Waals surface area contributed by atoms with Crippen molar-refractivity contribution in [2.45, 2.75) is 19.9 Å². The summed E-state index contributed by atoms with van der Waals surface area (Å²) < 4.78 is 33.5. The van der Waals surface area contributed by atoms with E-state index in [9.17, 15) is 13.6 Å². The molecule has 1 atom stereocenters. The molecule has 0 aliphatic carbocycles. The maximum Gasteiger partial charge on any atom is 0.251 e. The van der Waals surface area contributed by atoms with E-state index < -0.39 is 17.5 Å². The van der Waals surface area contributed by atoms with Gasteiger partial charge in [-0.05, 0) is 50.2 Å². The fraction of sp³-hybridized carbons (Fsp3) is 0.222. The summed E-state index contributed by atoms with van der Waals surface area (Å²) >= 11 is 0. The number of aromatic nitrogens is 2. The molecule has 0 spiro atoms. The van der Waals surface area contributed by atoms with E-state index in [0.29, 0.717) is 5.76 Å². The van der Waals surface area contributed by atoms with Gasteiger partial charge in [0, 0.05) is 17.8 Å². The first-order valence-corrected chi connectivity index (χ1v) is 7.75. The minimum absolute atomic E-state index is 0.0467. The first kappa shape index (κ1) is 16.9.